The van der Waals surface area contributed by atoms with Crippen molar-refractivity contribution in [2.24, 2.45) is 10.7 Å². The number of nitrogens with zero attached hydrogens (tertiary/aromatic N) is 1. The maximum atomic E-state index is 13.0. The van der Waals surface area contributed by atoms with Crippen molar-refractivity contribution in [2.75, 3.05) is 12.4 Å². The Hall–Kier alpha value is -2.22. The van der Waals surface area contributed by atoms with Crippen molar-refractivity contribution in [1.82, 2.24) is 0 Å². The molecule has 0 aliphatic rings. The van der Waals surface area contributed by atoms with E-state index in [9.17, 15) is 13.2 Å². The second-order valence-corrected chi connectivity index (χ2v) is 5.77. The number of alkyl halides is 3. The third-order valence-corrected chi connectivity index (χ3v) is 3.65. The summed E-state index contributed by atoms with van der Waals surface area (Å²) in [5.41, 5.74) is 5.70. The van der Waals surface area contributed by atoms with Crippen molar-refractivity contribution < 1.29 is 17.9 Å². The summed E-state index contributed by atoms with van der Waals surface area (Å²) in [7, 11) is 1.55. The number of halogens is 4. The third kappa shape index (κ3) is 4.89. The van der Waals surface area contributed by atoms with E-state index in [2.05, 4.69) is 26.2 Å². The quantitative estimate of drug-likeness (QED) is 0.589. The number of nitrogens with one attached hydrogen (secondary N) is 1. The minimum atomic E-state index is -4.45. The number of hydrogen-bond acceptors (Lipinski definition) is 2. The highest BCUT2D eigenvalue weighted by atomic mass is 79.9. The summed E-state index contributed by atoms with van der Waals surface area (Å²) in [6, 6.07) is 10.8. The Kier molecular flexibility index (Phi) is 5.71. The summed E-state index contributed by atoms with van der Waals surface area (Å²) in [4.78, 5) is 3.97. The van der Waals surface area contributed by atoms with Gasteiger partial charge in [-0.1, -0.05) is 22.0 Å². The minimum Gasteiger partial charge on any atom is -0.497 e. The van der Waals surface area contributed by atoms with Gasteiger partial charge in [0, 0.05) is 10.2 Å². The van der Waals surface area contributed by atoms with Crippen LogP contribution in [0, 0.1) is 0 Å². The molecule has 0 heterocycles. The third-order valence-electron chi connectivity index (χ3n) is 3.16. The van der Waals surface area contributed by atoms with E-state index >= 15 is 0 Å². The van der Waals surface area contributed by atoms with E-state index in [-0.39, 0.29) is 18.1 Å². The van der Waals surface area contributed by atoms with Gasteiger partial charge in [0.15, 0.2) is 5.96 Å². The van der Waals surface area contributed by atoms with E-state index < -0.39 is 11.7 Å². The van der Waals surface area contributed by atoms with Crippen molar-refractivity contribution in [1.29, 1.82) is 0 Å². The zero-order valence-corrected chi connectivity index (χ0v) is 14.3. The Balaban J connectivity index is 2.12. The molecular weight excluding hydrogens is 387 g/mol. The highest BCUT2D eigenvalue weighted by molar-refractivity contribution is 9.10. The number of rotatable bonds is 4. The maximum absolute atomic E-state index is 13.0. The number of nitrogens with two attached hydrogens (primary N) is 1. The van der Waals surface area contributed by atoms with Gasteiger partial charge in [-0.15, -0.1) is 0 Å². The van der Waals surface area contributed by atoms with E-state index in [1.54, 1.807) is 31.4 Å². The van der Waals surface area contributed by atoms with Gasteiger partial charge in [0.25, 0.3) is 0 Å². The predicted molar refractivity (Wildman–Crippen MR) is 91.1 cm³/mol. The second kappa shape index (κ2) is 7.57. The van der Waals surface area contributed by atoms with Gasteiger partial charge in [0.1, 0.15) is 5.75 Å². The smallest absolute Gasteiger partial charge is 0.416 e. The van der Waals surface area contributed by atoms with Crippen LogP contribution in [0.2, 0.25) is 0 Å². The van der Waals surface area contributed by atoms with Crippen LogP contribution >= 0.6 is 15.9 Å². The molecule has 4 nitrogen and oxygen atoms in total. The average molecular weight is 402 g/mol. The molecule has 0 fully saturated rings. The lowest BCUT2D eigenvalue weighted by molar-refractivity contribution is -0.138. The first-order chi connectivity index (χ1) is 11.3. The fourth-order valence-corrected chi connectivity index (χ4v) is 2.34. The Labute approximate surface area is 145 Å². The first-order valence-electron chi connectivity index (χ1n) is 6.86. The number of hydrogen-bond donors (Lipinski definition) is 2. The Morgan fingerprint density at radius 3 is 2.46 bits per heavy atom. The molecule has 8 heteroatoms. The van der Waals surface area contributed by atoms with Crippen molar-refractivity contribution in [3.05, 3.63) is 58.1 Å². The lowest BCUT2D eigenvalue weighted by Gasteiger charge is -2.12. The van der Waals surface area contributed by atoms with Gasteiger partial charge >= 0.3 is 6.18 Å². The summed E-state index contributed by atoms with van der Waals surface area (Å²) in [6.07, 6.45) is -4.45. The van der Waals surface area contributed by atoms with Gasteiger partial charge in [-0.3, -0.25) is 0 Å². The fraction of sp³-hybridized carbons (Fsp3) is 0.188. The average Bonchev–Trinajstić information content (AvgIpc) is 2.53. The predicted octanol–water partition coefficient (Wildman–Crippen LogP) is 4.40. The molecule has 2 aromatic rings. The zero-order valence-electron chi connectivity index (χ0n) is 12.7. The summed E-state index contributed by atoms with van der Waals surface area (Å²) < 4.78 is 44.5. The Morgan fingerprint density at radius 1 is 1.21 bits per heavy atom. The Morgan fingerprint density at radius 2 is 1.88 bits per heavy atom. The van der Waals surface area contributed by atoms with Gasteiger partial charge in [-0.05, 0) is 42.0 Å². The molecule has 0 atom stereocenters. The molecular formula is C16H15BrF3N3O. The van der Waals surface area contributed by atoms with Gasteiger partial charge in [-0.25, -0.2) is 4.99 Å². The lowest BCUT2D eigenvalue weighted by atomic mass is 10.1. The minimum absolute atomic E-state index is 0.0243. The van der Waals surface area contributed by atoms with Crippen molar-refractivity contribution in [3.63, 3.8) is 0 Å². The molecule has 0 spiro atoms. The van der Waals surface area contributed by atoms with Crippen LogP contribution in [-0.2, 0) is 12.7 Å². The summed E-state index contributed by atoms with van der Waals surface area (Å²) >= 11 is 3.04. The molecule has 24 heavy (non-hydrogen) atoms. The molecule has 0 aliphatic carbocycles. The second-order valence-electron chi connectivity index (χ2n) is 4.85. The zero-order chi connectivity index (χ0) is 17.7. The number of benzene rings is 2. The molecule has 0 saturated carbocycles. The van der Waals surface area contributed by atoms with Crippen LogP contribution < -0.4 is 15.8 Å². The Bertz CT molecular complexity index is 730. The number of ether oxygens (including phenoxy) is 1. The summed E-state index contributed by atoms with van der Waals surface area (Å²) in [6.45, 7) is -0.183. The van der Waals surface area contributed by atoms with Gasteiger partial charge in [-0.2, -0.15) is 13.2 Å². The topological polar surface area (TPSA) is 59.6 Å². The molecule has 128 valence electrons. The van der Waals surface area contributed by atoms with Gasteiger partial charge in [0.05, 0.1) is 19.2 Å². The van der Waals surface area contributed by atoms with E-state index in [4.69, 9.17) is 10.5 Å². The van der Waals surface area contributed by atoms with Crippen LogP contribution in [0.15, 0.2) is 51.9 Å². The number of methoxy groups -OCH3 is 1. The molecule has 0 aliphatic heterocycles. The number of anilines is 1. The van der Waals surface area contributed by atoms with Crippen LogP contribution in [0.1, 0.15) is 11.1 Å². The van der Waals surface area contributed by atoms with Gasteiger partial charge < -0.3 is 15.8 Å². The van der Waals surface area contributed by atoms with E-state index in [0.29, 0.717) is 15.9 Å². The standard InChI is InChI=1S/C16H15BrF3N3O/c1-24-13-6-4-12(5-7-13)23-15(21)22-9-10-2-3-11(17)8-14(10)16(18,19)20/h2-8H,9H2,1H3,(H3,21,22,23). The van der Waals surface area contributed by atoms with Crippen LogP contribution in [0.5, 0.6) is 5.75 Å². The van der Waals surface area contributed by atoms with E-state index in [1.807, 2.05) is 0 Å². The summed E-state index contributed by atoms with van der Waals surface area (Å²) in [5, 5.41) is 2.81. The number of guanidine groups is 1. The molecule has 3 N–H and O–H groups in total. The van der Waals surface area contributed by atoms with Crippen molar-refractivity contribution in [3.8, 4) is 5.75 Å². The molecule has 0 radical (unpaired) electrons. The van der Waals surface area contributed by atoms with E-state index in [1.165, 1.54) is 12.1 Å². The first kappa shape index (κ1) is 18.1. The molecule has 2 rings (SSSR count). The fourth-order valence-electron chi connectivity index (χ4n) is 1.98. The highest BCUT2D eigenvalue weighted by Gasteiger charge is 2.33. The molecule has 0 aromatic heterocycles. The van der Waals surface area contributed by atoms with Crippen molar-refractivity contribution >= 4 is 27.6 Å². The molecule has 0 amide bonds. The molecule has 2 aromatic carbocycles. The van der Waals surface area contributed by atoms with Gasteiger partial charge in [0.2, 0.25) is 0 Å². The van der Waals surface area contributed by atoms with E-state index in [0.717, 1.165) is 6.07 Å². The SMILES string of the molecule is COc1ccc(NC(N)=NCc2ccc(Br)cc2C(F)(F)F)cc1. The van der Waals surface area contributed by atoms with Crippen LogP contribution in [0.4, 0.5) is 18.9 Å². The van der Waals surface area contributed by atoms with Crippen molar-refractivity contribution in [2.45, 2.75) is 12.7 Å². The molecule has 0 unspecified atom stereocenters. The molecule has 0 saturated heterocycles. The lowest BCUT2D eigenvalue weighted by Crippen LogP contribution is -2.22. The molecule has 0 bridgehead atoms. The summed E-state index contributed by atoms with van der Waals surface area (Å²) in [5.74, 6) is 0.706. The number of aliphatic imine (C=N–C) groups is 1. The first-order valence-corrected chi connectivity index (χ1v) is 7.65. The van der Waals surface area contributed by atoms with Crippen LogP contribution in [0.25, 0.3) is 0 Å². The van der Waals surface area contributed by atoms with Crippen LogP contribution in [0.3, 0.4) is 0 Å². The normalized spacial score (nSPS) is 12.1. The monoisotopic (exact) mass is 401 g/mol. The van der Waals surface area contributed by atoms with Crippen LogP contribution in [-0.4, -0.2) is 13.1 Å². The maximum Gasteiger partial charge on any atom is 0.416 e. The highest BCUT2D eigenvalue weighted by Crippen LogP contribution is 2.34. The largest absolute Gasteiger partial charge is 0.497 e.